The van der Waals surface area contributed by atoms with Crippen molar-refractivity contribution in [1.29, 1.82) is 0 Å². The third kappa shape index (κ3) is 2.84. The summed E-state index contributed by atoms with van der Waals surface area (Å²) in [6.45, 7) is 0. The Morgan fingerprint density at radius 1 is 1.41 bits per heavy atom. The Kier molecular flexibility index (Phi) is 3.40. The number of rotatable bonds is 3. The normalized spacial score (nSPS) is 14.6. The molecule has 0 unspecified atom stereocenters. The van der Waals surface area contributed by atoms with E-state index in [0.717, 1.165) is 5.56 Å². The second kappa shape index (κ2) is 5.16. The number of hydrogen-bond acceptors (Lipinski definition) is 5. The zero-order valence-electron chi connectivity index (χ0n) is 9.20. The fraction of sp³-hybridized carbons (Fsp3) is 0.167. The summed E-state index contributed by atoms with van der Waals surface area (Å²) >= 11 is 0. The lowest BCUT2D eigenvalue weighted by Gasteiger charge is -2.04. The van der Waals surface area contributed by atoms with Crippen molar-refractivity contribution >= 4 is 12.0 Å². The first kappa shape index (κ1) is 11.2. The van der Waals surface area contributed by atoms with E-state index in [4.69, 9.17) is 9.47 Å². The molecule has 0 N–H and O–H groups in total. The van der Waals surface area contributed by atoms with Crippen LogP contribution in [0, 0.1) is 0 Å². The number of aromatic nitrogens is 1. The summed E-state index contributed by atoms with van der Waals surface area (Å²) < 4.78 is 14.8. The monoisotopic (exact) mass is 233 g/mol. The summed E-state index contributed by atoms with van der Waals surface area (Å²) in [4.78, 5) is 15.2. The molecule has 0 aromatic carbocycles. The molecule has 0 amide bonds. The molecule has 5 heteroatoms. The number of hydrogen-bond donors (Lipinski definition) is 0. The maximum atomic E-state index is 11.3. The van der Waals surface area contributed by atoms with Crippen LogP contribution in [0.1, 0.15) is 15.9 Å². The van der Waals surface area contributed by atoms with Crippen LogP contribution in [0.2, 0.25) is 0 Å². The second-order valence-corrected chi connectivity index (χ2v) is 3.27. The number of nitrogens with zero attached hydrogens (tertiary/aromatic N) is 1. The molecule has 0 bridgehead atoms. The van der Waals surface area contributed by atoms with E-state index in [0.29, 0.717) is 5.56 Å². The molecule has 5 nitrogen and oxygen atoms in total. The molecular weight excluding hydrogens is 222 g/mol. The fourth-order valence-electron chi connectivity index (χ4n) is 1.31. The van der Waals surface area contributed by atoms with Gasteiger partial charge in [0.05, 0.1) is 12.7 Å². The smallest absolute Gasteiger partial charge is 0.339 e. The van der Waals surface area contributed by atoms with Gasteiger partial charge in [-0.3, -0.25) is 4.98 Å². The number of esters is 1. The van der Waals surface area contributed by atoms with E-state index in [1.807, 2.05) is 0 Å². The first-order valence-electron chi connectivity index (χ1n) is 4.97. The molecule has 17 heavy (non-hydrogen) atoms. The zero-order chi connectivity index (χ0) is 12.1. The zero-order valence-corrected chi connectivity index (χ0v) is 9.20. The highest BCUT2D eigenvalue weighted by Crippen LogP contribution is 2.10. The van der Waals surface area contributed by atoms with Gasteiger partial charge in [-0.1, -0.05) is 6.08 Å². The number of pyridine rings is 1. The Morgan fingerprint density at radius 2 is 2.18 bits per heavy atom. The number of carbonyl (C=O) groups excluding carboxylic acids is 1. The van der Waals surface area contributed by atoms with Gasteiger partial charge in [-0.05, 0) is 17.7 Å². The largest absolute Gasteiger partial charge is 0.465 e. The second-order valence-electron chi connectivity index (χ2n) is 3.27. The highest BCUT2D eigenvalue weighted by atomic mass is 16.7. The van der Waals surface area contributed by atoms with Crippen LogP contribution >= 0.6 is 0 Å². The quantitative estimate of drug-likeness (QED) is 0.744. The molecular formula is C12H11NO4. The van der Waals surface area contributed by atoms with Crippen LogP contribution < -0.4 is 0 Å². The van der Waals surface area contributed by atoms with E-state index in [9.17, 15) is 4.79 Å². The maximum absolute atomic E-state index is 11.3. The average molecular weight is 233 g/mol. The summed E-state index contributed by atoms with van der Waals surface area (Å²) in [6.07, 6.45) is 9.08. The van der Waals surface area contributed by atoms with Gasteiger partial charge in [0.2, 0.25) is 0 Å². The van der Waals surface area contributed by atoms with Crippen LogP contribution in [0.25, 0.3) is 6.08 Å². The molecule has 1 aromatic rings. The molecule has 0 saturated heterocycles. The highest BCUT2D eigenvalue weighted by Gasteiger charge is 2.08. The predicted octanol–water partition coefficient (Wildman–Crippen LogP) is 1.73. The van der Waals surface area contributed by atoms with E-state index in [2.05, 4.69) is 9.72 Å². The standard InChI is InChI=1S/C12H11NO4/c1-15-12(14)10-6-9(7-13-8-10)2-3-11-16-4-5-17-11/h2-8,11H,1H3/b3-2+. The first-order valence-corrected chi connectivity index (χ1v) is 4.97. The van der Waals surface area contributed by atoms with Gasteiger partial charge in [0, 0.05) is 12.4 Å². The minimum atomic E-state index is -0.420. The molecule has 1 aromatic heterocycles. The molecule has 2 heterocycles. The molecule has 0 radical (unpaired) electrons. The molecule has 2 rings (SSSR count). The van der Waals surface area contributed by atoms with Crippen LogP contribution in [-0.4, -0.2) is 24.4 Å². The van der Waals surface area contributed by atoms with Crippen LogP contribution in [-0.2, 0) is 14.2 Å². The van der Waals surface area contributed by atoms with Crippen LogP contribution in [0.15, 0.2) is 37.1 Å². The lowest BCUT2D eigenvalue weighted by atomic mass is 10.2. The lowest BCUT2D eigenvalue weighted by Crippen LogP contribution is -2.03. The van der Waals surface area contributed by atoms with Gasteiger partial charge >= 0.3 is 5.97 Å². The van der Waals surface area contributed by atoms with Gasteiger partial charge in [0.15, 0.2) is 0 Å². The van der Waals surface area contributed by atoms with E-state index < -0.39 is 12.3 Å². The van der Waals surface area contributed by atoms with E-state index >= 15 is 0 Å². The Balaban J connectivity index is 2.08. The molecule has 0 fully saturated rings. The minimum Gasteiger partial charge on any atom is -0.465 e. The Labute approximate surface area is 98.3 Å². The number of carbonyl (C=O) groups is 1. The van der Waals surface area contributed by atoms with Crippen LogP contribution in [0.3, 0.4) is 0 Å². The summed E-state index contributed by atoms with van der Waals surface area (Å²) in [7, 11) is 1.33. The van der Waals surface area contributed by atoms with Crippen molar-refractivity contribution in [1.82, 2.24) is 4.98 Å². The Morgan fingerprint density at radius 3 is 2.88 bits per heavy atom. The average Bonchev–Trinajstić information content (AvgIpc) is 2.89. The fourth-order valence-corrected chi connectivity index (χ4v) is 1.31. The summed E-state index contributed by atoms with van der Waals surface area (Å²) in [5.41, 5.74) is 1.17. The van der Waals surface area contributed by atoms with Gasteiger partial charge in [0.1, 0.15) is 12.5 Å². The summed E-state index contributed by atoms with van der Waals surface area (Å²) in [5.74, 6) is -0.414. The molecule has 0 spiro atoms. The van der Waals surface area contributed by atoms with Crippen LogP contribution in [0.4, 0.5) is 0 Å². The number of ether oxygens (including phenoxy) is 3. The lowest BCUT2D eigenvalue weighted by molar-refractivity contribution is 0.0198. The van der Waals surface area contributed by atoms with Gasteiger partial charge in [-0.25, -0.2) is 4.79 Å². The van der Waals surface area contributed by atoms with Crippen molar-refractivity contribution in [3.63, 3.8) is 0 Å². The van der Waals surface area contributed by atoms with Gasteiger partial charge < -0.3 is 14.2 Å². The van der Waals surface area contributed by atoms with E-state index in [-0.39, 0.29) is 0 Å². The summed E-state index contributed by atoms with van der Waals surface area (Å²) in [6, 6.07) is 1.68. The summed E-state index contributed by atoms with van der Waals surface area (Å²) in [5, 5.41) is 0. The van der Waals surface area contributed by atoms with E-state index in [1.165, 1.54) is 25.8 Å². The molecule has 0 atom stereocenters. The maximum Gasteiger partial charge on any atom is 0.339 e. The van der Waals surface area contributed by atoms with Crippen molar-refractivity contribution < 1.29 is 19.0 Å². The Hall–Kier alpha value is -2.30. The van der Waals surface area contributed by atoms with Gasteiger partial charge in [-0.15, -0.1) is 0 Å². The Bertz CT molecular complexity index is 459. The van der Waals surface area contributed by atoms with Gasteiger partial charge in [0.25, 0.3) is 6.29 Å². The van der Waals surface area contributed by atoms with Crippen molar-refractivity contribution in [2.45, 2.75) is 6.29 Å². The SMILES string of the molecule is COC(=O)c1cncc(/C=C/C2OC=CO2)c1. The predicted molar refractivity (Wildman–Crippen MR) is 59.7 cm³/mol. The molecule has 0 aliphatic carbocycles. The van der Waals surface area contributed by atoms with Crippen molar-refractivity contribution in [3.8, 4) is 0 Å². The third-order valence-electron chi connectivity index (χ3n) is 2.11. The van der Waals surface area contributed by atoms with Crippen molar-refractivity contribution in [2.75, 3.05) is 7.11 Å². The van der Waals surface area contributed by atoms with Crippen molar-refractivity contribution in [3.05, 3.63) is 48.2 Å². The van der Waals surface area contributed by atoms with Crippen molar-refractivity contribution in [2.24, 2.45) is 0 Å². The minimum absolute atomic E-state index is 0.404. The number of methoxy groups -OCH3 is 1. The highest BCUT2D eigenvalue weighted by molar-refractivity contribution is 5.89. The molecule has 0 saturated carbocycles. The molecule has 1 aliphatic heterocycles. The van der Waals surface area contributed by atoms with Gasteiger partial charge in [-0.2, -0.15) is 0 Å². The van der Waals surface area contributed by atoms with E-state index in [1.54, 1.807) is 24.4 Å². The third-order valence-corrected chi connectivity index (χ3v) is 2.11. The van der Waals surface area contributed by atoms with Crippen LogP contribution in [0.5, 0.6) is 0 Å². The molecule has 1 aliphatic rings. The first-order chi connectivity index (χ1) is 8.29. The topological polar surface area (TPSA) is 57.7 Å². The molecule has 88 valence electrons.